The summed E-state index contributed by atoms with van der Waals surface area (Å²) in [6, 6.07) is 0. The lowest BCUT2D eigenvalue weighted by Crippen LogP contribution is -2.53. The first-order valence-corrected chi connectivity index (χ1v) is 9.24. The van der Waals surface area contributed by atoms with Crippen molar-refractivity contribution >= 4 is 0 Å². The maximum Gasteiger partial charge on any atom is 0.0596 e. The van der Waals surface area contributed by atoms with E-state index in [1.165, 1.54) is 57.8 Å². The summed E-state index contributed by atoms with van der Waals surface area (Å²) in [6.07, 6.45) is 14.0. The summed E-state index contributed by atoms with van der Waals surface area (Å²) in [7, 11) is 0. The maximum absolute atomic E-state index is 10.5. The van der Waals surface area contributed by atoms with Crippen LogP contribution in [-0.4, -0.2) is 11.2 Å². The Morgan fingerprint density at radius 3 is 2.40 bits per heavy atom. The molecule has 0 aromatic heterocycles. The molecule has 4 aliphatic rings. The van der Waals surface area contributed by atoms with Crippen molar-refractivity contribution in [2.24, 2.45) is 34.5 Å². The van der Waals surface area contributed by atoms with Gasteiger partial charge in [0, 0.05) is 0 Å². The third kappa shape index (κ3) is 1.65. The monoisotopic (exact) mass is 276 g/mol. The smallest absolute Gasteiger partial charge is 0.0596 e. The van der Waals surface area contributed by atoms with E-state index in [4.69, 9.17) is 0 Å². The van der Waals surface area contributed by atoms with Crippen LogP contribution in [0.25, 0.3) is 0 Å². The predicted molar refractivity (Wildman–Crippen MR) is 82.4 cm³/mol. The third-order valence-corrected chi connectivity index (χ3v) is 8.53. The molecular formula is C19H32O. The Hall–Kier alpha value is -0.0400. The van der Waals surface area contributed by atoms with Gasteiger partial charge in [0.25, 0.3) is 0 Å². The normalized spacial score (nSPS) is 58.6. The Balaban J connectivity index is 1.64. The lowest BCUT2D eigenvalue weighted by molar-refractivity contribution is -0.120. The molecule has 0 heterocycles. The summed E-state index contributed by atoms with van der Waals surface area (Å²) >= 11 is 0. The number of hydrogen-bond acceptors (Lipinski definition) is 1. The molecule has 0 spiro atoms. The minimum atomic E-state index is -0.00895. The molecule has 4 aliphatic carbocycles. The van der Waals surface area contributed by atoms with E-state index < -0.39 is 0 Å². The molecule has 1 nitrogen and oxygen atoms in total. The van der Waals surface area contributed by atoms with Gasteiger partial charge in [0.1, 0.15) is 0 Å². The molecule has 0 amide bonds. The van der Waals surface area contributed by atoms with E-state index >= 15 is 0 Å². The second-order valence-corrected chi connectivity index (χ2v) is 9.04. The molecule has 0 aromatic rings. The van der Waals surface area contributed by atoms with Gasteiger partial charge in [-0.15, -0.1) is 0 Å². The van der Waals surface area contributed by atoms with Gasteiger partial charge in [-0.2, -0.15) is 0 Å². The van der Waals surface area contributed by atoms with Gasteiger partial charge in [0.05, 0.1) is 6.10 Å². The molecule has 0 bridgehead atoms. The fraction of sp³-hybridized carbons (Fsp3) is 1.00. The summed E-state index contributed by atoms with van der Waals surface area (Å²) in [5.41, 5.74) is 0.912. The van der Waals surface area contributed by atoms with Gasteiger partial charge in [-0.3, -0.25) is 0 Å². The van der Waals surface area contributed by atoms with Crippen molar-refractivity contribution in [3.8, 4) is 0 Å². The van der Waals surface area contributed by atoms with E-state index in [1.54, 1.807) is 0 Å². The van der Waals surface area contributed by atoms with Gasteiger partial charge >= 0.3 is 0 Å². The molecule has 4 fully saturated rings. The maximum atomic E-state index is 10.5. The highest BCUT2D eigenvalue weighted by Gasteiger charge is 2.59. The first kappa shape index (κ1) is 13.6. The van der Waals surface area contributed by atoms with Gasteiger partial charge < -0.3 is 5.11 Å². The SMILES string of the molecule is C[C@@]12CCCC[C@@H]1CC[C@H]1[C@H]2CC[C@]2(C)[C@H](O)CC[C@H]12. The highest BCUT2D eigenvalue weighted by atomic mass is 16.3. The Labute approximate surface area is 124 Å². The van der Waals surface area contributed by atoms with E-state index in [9.17, 15) is 5.11 Å². The van der Waals surface area contributed by atoms with Crippen molar-refractivity contribution in [2.45, 2.75) is 84.2 Å². The van der Waals surface area contributed by atoms with Crippen molar-refractivity contribution in [1.29, 1.82) is 0 Å². The molecule has 1 heteroatoms. The van der Waals surface area contributed by atoms with E-state index in [-0.39, 0.29) is 11.5 Å². The molecule has 4 rings (SSSR count). The summed E-state index contributed by atoms with van der Waals surface area (Å²) in [4.78, 5) is 0. The molecule has 0 aliphatic heterocycles. The van der Waals surface area contributed by atoms with Crippen molar-refractivity contribution in [3.05, 3.63) is 0 Å². The Morgan fingerprint density at radius 1 is 0.750 bits per heavy atom. The van der Waals surface area contributed by atoms with Crippen LogP contribution in [0.1, 0.15) is 78.1 Å². The number of aliphatic hydroxyl groups excluding tert-OH is 1. The molecule has 0 radical (unpaired) electrons. The van der Waals surface area contributed by atoms with Crippen LogP contribution >= 0.6 is 0 Å². The molecule has 114 valence electrons. The fourth-order valence-electron chi connectivity index (χ4n) is 7.27. The van der Waals surface area contributed by atoms with E-state index in [2.05, 4.69) is 13.8 Å². The van der Waals surface area contributed by atoms with Gasteiger partial charge in [0.15, 0.2) is 0 Å². The number of hydrogen-bond donors (Lipinski definition) is 1. The minimum Gasteiger partial charge on any atom is -0.393 e. The molecule has 7 atom stereocenters. The average Bonchev–Trinajstić information content (AvgIpc) is 2.74. The van der Waals surface area contributed by atoms with Crippen LogP contribution in [0, 0.1) is 34.5 Å². The van der Waals surface area contributed by atoms with Crippen LogP contribution in [0.15, 0.2) is 0 Å². The number of aliphatic hydroxyl groups is 1. The first-order chi connectivity index (χ1) is 9.56. The first-order valence-electron chi connectivity index (χ1n) is 9.24. The zero-order valence-electron chi connectivity index (χ0n) is 13.4. The van der Waals surface area contributed by atoms with E-state index in [0.29, 0.717) is 5.41 Å². The second-order valence-electron chi connectivity index (χ2n) is 9.04. The third-order valence-electron chi connectivity index (χ3n) is 8.53. The summed E-state index contributed by atoms with van der Waals surface area (Å²) in [5, 5.41) is 10.5. The lowest BCUT2D eigenvalue weighted by Gasteiger charge is -2.60. The molecule has 1 N–H and O–H groups in total. The lowest BCUT2D eigenvalue weighted by atomic mass is 9.45. The molecule has 0 unspecified atom stereocenters. The quantitative estimate of drug-likeness (QED) is 0.675. The standard InChI is InChI=1S/C19H32O/c1-18-11-4-3-5-13(18)6-7-14-15-8-9-17(20)19(15,2)12-10-16(14)18/h13-17,20H,3-12H2,1-2H3/t13-,14-,15-,16-,17-,18-,19+/m1/s1. The molecule has 4 saturated carbocycles. The van der Waals surface area contributed by atoms with Crippen LogP contribution in [0.2, 0.25) is 0 Å². The van der Waals surface area contributed by atoms with Crippen molar-refractivity contribution < 1.29 is 5.11 Å². The van der Waals surface area contributed by atoms with Gasteiger partial charge in [-0.05, 0) is 85.9 Å². The van der Waals surface area contributed by atoms with Gasteiger partial charge in [-0.1, -0.05) is 26.7 Å². The fourth-order valence-corrected chi connectivity index (χ4v) is 7.27. The zero-order valence-corrected chi connectivity index (χ0v) is 13.4. The number of fused-ring (bicyclic) bond motifs is 5. The minimum absolute atomic E-state index is 0.00895. The summed E-state index contributed by atoms with van der Waals surface area (Å²) in [6.45, 7) is 5.04. The molecule has 20 heavy (non-hydrogen) atoms. The van der Waals surface area contributed by atoms with E-state index in [0.717, 1.165) is 30.1 Å². The van der Waals surface area contributed by atoms with Crippen molar-refractivity contribution in [1.82, 2.24) is 0 Å². The van der Waals surface area contributed by atoms with Crippen molar-refractivity contribution in [2.75, 3.05) is 0 Å². The highest BCUT2D eigenvalue weighted by molar-refractivity contribution is 5.08. The topological polar surface area (TPSA) is 20.2 Å². The molecular weight excluding hydrogens is 244 g/mol. The second kappa shape index (κ2) is 4.48. The average molecular weight is 276 g/mol. The Bertz CT molecular complexity index is 391. The zero-order chi connectivity index (χ0) is 14.0. The van der Waals surface area contributed by atoms with Crippen LogP contribution < -0.4 is 0 Å². The Morgan fingerprint density at radius 2 is 1.55 bits per heavy atom. The highest BCUT2D eigenvalue weighted by Crippen LogP contribution is 2.66. The van der Waals surface area contributed by atoms with Crippen LogP contribution in [-0.2, 0) is 0 Å². The molecule has 0 saturated heterocycles. The number of rotatable bonds is 0. The van der Waals surface area contributed by atoms with Gasteiger partial charge in [0.2, 0.25) is 0 Å². The van der Waals surface area contributed by atoms with Crippen molar-refractivity contribution in [3.63, 3.8) is 0 Å². The Kier molecular flexibility index (Phi) is 3.05. The van der Waals surface area contributed by atoms with Gasteiger partial charge in [-0.25, -0.2) is 0 Å². The van der Waals surface area contributed by atoms with Crippen LogP contribution in [0.4, 0.5) is 0 Å². The predicted octanol–water partition coefficient (Wildman–Crippen LogP) is 4.78. The summed E-state index contributed by atoms with van der Waals surface area (Å²) < 4.78 is 0. The van der Waals surface area contributed by atoms with Crippen LogP contribution in [0.5, 0.6) is 0 Å². The van der Waals surface area contributed by atoms with E-state index in [1.807, 2.05) is 0 Å². The summed E-state index contributed by atoms with van der Waals surface area (Å²) in [5.74, 6) is 3.76. The molecule has 0 aromatic carbocycles. The largest absolute Gasteiger partial charge is 0.393 e. The van der Waals surface area contributed by atoms with Crippen LogP contribution in [0.3, 0.4) is 0 Å².